The van der Waals surface area contributed by atoms with Crippen molar-refractivity contribution >= 4 is 5.69 Å². The van der Waals surface area contributed by atoms with Crippen LogP contribution in [0.1, 0.15) is 30.7 Å². The number of para-hydroxylation sites is 1. The van der Waals surface area contributed by atoms with Crippen LogP contribution in [0.3, 0.4) is 0 Å². The molecular formula is C18H24N2O. The number of furan rings is 1. The fourth-order valence-electron chi connectivity index (χ4n) is 2.87. The molecular weight excluding hydrogens is 260 g/mol. The van der Waals surface area contributed by atoms with Gasteiger partial charge in [0.15, 0.2) is 0 Å². The van der Waals surface area contributed by atoms with E-state index < -0.39 is 0 Å². The predicted octanol–water partition coefficient (Wildman–Crippen LogP) is 3.59. The number of rotatable bonds is 6. The van der Waals surface area contributed by atoms with Gasteiger partial charge in [-0.1, -0.05) is 32.0 Å². The molecule has 0 saturated carbocycles. The molecule has 0 aliphatic carbocycles. The maximum absolute atomic E-state index is 5.72. The van der Waals surface area contributed by atoms with Gasteiger partial charge >= 0.3 is 0 Å². The number of hydrogen-bond acceptors (Lipinski definition) is 3. The SMILES string of the molecule is CC(C)CNCc1coc(CN2CCc3ccccc32)c1. The Bertz CT molecular complexity index is 588. The molecule has 3 heteroatoms. The van der Waals surface area contributed by atoms with Gasteiger partial charge in [-0.25, -0.2) is 0 Å². The van der Waals surface area contributed by atoms with Crippen LogP contribution in [0.4, 0.5) is 5.69 Å². The van der Waals surface area contributed by atoms with Crippen molar-refractivity contribution in [1.82, 2.24) is 5.32 Å². The highest BCUT2D eigenvalue weighted by Gasteiger charge is 2.19. The lowest BCUT2D eigenvalue weighted by Gasteiger charge is -2.17. The Hall–Kier alpha value is -1.74. The highest BCUT2D eigenvalue weighted by molar-refractivity contribution is 5.57. The van der Waals surface area contributed by atoms with Crippen LogP contribution in [-0.4, -0.2) is 13.1 Å². The maximum Gasteiger partial charge on any atom is 0.123 e. The second-order valence-corrected chi connectivity index (χ2v) is 6.25. The molecule has 0 amide bonds. The van der Waals surface area contributed by atoms with Gasteiger partial charge in [-0.3, -0.25) is 0 Å². The quantitative estimate of drug-likeness (QED) is 0.878. The molecule has 1 aliphatic rings. The zero-order chi connectivity index (χ0) is 14.7. The van der Waals surface area contributed by atoms with E-state index in [2.05, 4.69) is 54.4 Å². The van der Waals surface area contributed by atoms with Gasteiger partial charge in [0, 0.05) is 24.3 Å². The highest BCUT2D eigenvalue weighted by atomic mass is 16.3. The van der Waals surface area contributed by atoms with E-state index in [1.807, 2.05) is 6.26 Å². The molecule has 0 unspecified atom stereocenters. The molecule has 21 heavy (non-hydrogen) atoms. The number of benzene rings is 1. The fraction of sp³-hybridized carbons (Fsp3) is 0.444. The predicted molar refractivity (Wildman–Crippen MR) is 86.4 cm³/mol. The third kappa shape index (κ3) is 3.48. The second kappa shape index (κ2) is 6.35. The zero-order valence-corrected chi connectivity index (χ0v) is 12.9. The van der Waals surface area contributed by atoms with Gasteiger partial charge in [0.05, 0.1) is 12.8 Å². The van der Waals surface area contributed by atoms with Crippen LogP contribution in [0.25, 0.3) is 0 Å². The van der Waals surface area contributed by atoms with Gasteiger partial charge < -0.3 is 14.6 Å². The number of anilines is 1. The first kappa shape index (κ1) is 14.2. The molecule has 1 aromatic heterocycles. The van der Waals surface area contributed by atoms with Crippen molar-refractivity contribution in [3.8, 4) is 0 Å². The highest BCUT2D eigenvalue weighted by Crippen LogP contribution is 2.29. The Labute approximate surface area is 127 Å². The Morgan fingerprint density at radius 1 is 1.29 bits per heavy atom. The molecule has 3 nitrogen and oxygen atoms in total. The largest absolute Gasteiger partial charge is 0.467 e. The van der Waals surface area contributed by atoms with E-state index in [4.69, 9.17) is 4.42 Å². The Balaban J connectivity index is 1.58. The summed E-state index contributed by atoms with van der Waals surface area (Å²) in [5, 5.41) is 3.45. The van der Waals surface area contributed by atoms with E-state index in [1.165, 1.54) is 16.8 Å². The average Bonchev–Trinajstić information content (AvgIpc) is 3.07. The minimum atomic E-state index is 0.678. The molecule has 0 bridgehead atoms. The van der Waals surface area contributed by atoms with Crippen LogP contribution in [0.5, 0.6) is 0 Å². The van der Waals surface area contributed by atoms with Gasteiger partial charge in [0.1, 0.15) is 5.76 Å². The lowest BCUT2D eigenvalue weighted by Crippen LogP contribution is -2.19. The molecule has 0 fully saturated rings. The van der Waals surface area contributed by atoms with Crippen molar-refractivity contribution in [3.63, 3.8) is 0 Å². The van der Waals surface area contributed by atoms with Crippen molar-refractivity contribution in [3.05, 3.63) is 53.5 Å². The van der Waals surface area contributed by atoms with Gasteiger partial charge in [0.25, 0.3) is 0 Å². The molecule has 1 aliphatic heterocycles. The molecule has 112 valence electrons. The summed E-state index contributed by atoms with van der Waals surface area (Å²) in [5.41, 5.74) is 4.04. The van der Waals surface area contributed by atoms with Gasteiger partial charge in [-0.2, -0.15) is 0 Å². The first-order valence-electron chi connectivity index (χ1n) is 7.82. The van der Waals surface area contributed by atoms with Crippen LogP contribution in [0, 0.1) is 5.92 Å². The molecule has 2 heterocycles. The molecule has 0 spiro atoms. The lowest BCUT2D eigenvalue weighted by molar-refractivity contribution is 0.499. The van der Waals surface area contributed by atoms with Gasteiger partial charge in [-0.15, -0.1) is 0 Å². The Kier molecular flexibility index (Phi) is 4.30. The molecule has 0 radical (unpaired) electrons. The van der Waals surface area contributed by atoms with Gasteiger partial charge in [0.2, 0.25) is 0 Å². The van der Waals surface area contributed by atoms with Gasteiger partial charge in [-0.05, 0) is 36.6 Å². The van der Waals surface area contributed by atoms with Crippen molar-refractivity contribution in [1.29, 1.82) is 0 Å². The summed E-state index contributed by atoms with van der Waals surface area (Å²) in [6.45, 7) is 8.32. The topological polar surface area (TPSA) is 28.4 Å². The third-order valence-electron chi connectivity index (χ3n) is 3.92. The molecule has 0 atom stereocenters. The van der Waals surface area contributed by atoms with Crippen LogP contribution in [0.2, 0.25) is 0 Å². The summed E-state index contributed by atoms with van der Waals surface area (Å²) in [6.07, 6.45) is 3.02. The first-order chi connectivity index (χ1) is 10.2. The number of nitrogens with zero attached hydrogens (tertiary/aromatic N) is 1. The monoisotopic (exact) mass is 284 g/mol. The Morgan fingerprint density at radius 3 is 3.00 bits per heavy atom. The van der Waals surface area contributed by atoms with Crippen molar-refractivity contribution in [2.24, 2.45) is 5.92 Å². The molecule has 0 saturated heterocycles. The molecule has 2 aromatic rings. The lowest BCUT2D eigenvalue weighted by atomic mass is 10.2. The first-order valence-corrected chi connectivity index (χ1v) is 7.82. The van der Waals surface area contributed by atoms with Crippen molar-refractivity contribution < 1.29 is 4.42 Å². The second-order valence-electron chi connectivity index (χ2n) is 6.25. The number of nitrogens with one attached hydrogen (secondary N) is 1. The van der Waals surface area contributed by atoms with Crippen LogP contribution in [0.15, 0.2) is 41.0 Å². The average molecular weight is 284 g/mol. The summed E-state index contributed by atoms with van der Waals surface area (Å²) in [4.78, 5) is 2.40. The van der Waals surface area contributed by atoms with Crippen molar-refractivity contribution in [2.45, 2.75) is 33.4 Å². The molecule has 1 N–H and O–H groups in total. The van der Waals surface area contributed by atoms with E-state index in [1.54, 1.807) is 0 Å². The summed E-state index contributed by atoms with van der Waals surface area (Å²) in [6, 6.07) is 10.8. The summed E-state index contributed by atoms with van der Waals surface area (Å²) in [5.74, 6) is 1.73. The smallest absolute Gasteiger partial charge is 0.123 e. The van der Waals surface area contributed by atoms with E-state index in [-0.39, 0.29) is 0 Å². The van der Waals surface area contributed by atoms with E-state index in [0.717, 1.165) is 38.4 Å². The van der Waals surface area contributed by atoms with Crippen LogP contribution >= 0.6 is 0 Å². The van der Waals surface area contributed by atoms with E-state index in [9.17, 15) is 0 Å². The van der Waals surface area contributed by atoms with E-state index in [0.29, 0.717) is 5.92 Å². The summed E-state index contributed by atoms with van der Waals surface area (Å²) < 4.78 is 5.72. The van der Waals surface area contributed by atoms with Crippen LogP contribution in [-0.2, 0) is 19.5 Å². The fourth-order valence-corrected chi connectivity index (χ4v) is 2.87. The maximum atomic E-state index is 5.72. The zero-order valence-electron chi connectivity index (χ0n) is 12.9. The minimum Gasteiger partial charge on any atom is -0.467 e. The third-order valence-corrected chi connectivity index (χ3v) is 3.92. The molecule has 1 aromatic carbocycles. The van der Waals surface area contributed by atoms with Crippen molar-refractivity contribution in [2.75, 3.05) is 18.0 Å². The van der Waals surface area contributed by atoms with E-state index >= 15 is 0 Å². The normalized spacial score (nSPS) is 14.0. The number of hydrogen-bond donors (Lipinski definition) is 1. The standard InChI is InChI=1S/C18H24N2O/c1-14(2)10-19-11-15-9-17(21-13-15)12-20-8-7-16-5-3-4-6-18(16)20/h3-6,9,13-14,19H,7-8,10-12H2,1-2H3. The summed E-state index contributed by atoms with van der Waals surface area (Å²) >= 11 is 0. The van der Waals surface area contributed by atoms with Crippen LogP contribution < -0.4 is 10.2 Å². The number of fused-ring (bicyclic) bond motifs is 1. The minimum absolute atomic E-state index is 0.678. The summed E-state index contributed by atoms with van der Waals surface area (Å²) in [7, 11) is 0. The Morgan fingerprint density at radius 2 is 2.14 bits per heavy atom. The molecule has 3 rings (SSSR count).